The van der Waals surface area contributed by atoms with E-state index in [9.17, 15) is 4.39 Å². The number of aryl methyl sites for hydroxylation is 1. The summed E-state index contributed by atoms with van der Waals surface area (Å²) in [6, 6.07) is 10.8. The summed E-state index contributed by atoms with van der Waals surface area (Å²) in [5.74, 6) is 0.316. The Morgan fingerprint density at radius 1 is 1.29 bits per heavy atom. The number of benzene rings is 2. The van der Waals surface area contributed by atoms with E-state index in [1.165, 1.54) is 11.6 Å². The van der Waals surface area contributed by atoms with E-state index in [0.717, 1.165) is 30.6 Å². The number of ether oxygens (including phenoxy) is 1. The number of hydrogen-bond donors (Lipinski definition) is 1. The second-order valence-electron chi connectivity index (χ2n) is 5.36. The Hall–Kier alpha value is -1.58. The van der Waals surface area contributed by atoms with Crippen LogP contribution in [0.15, 0.2) is 36.4 Å². The van der Waals surface area contributed by atoms with Crippen LogP contribution < -0.4 is 10.5 Å². The van der Waals surface area contributed by atoms with Crippen LogP contribution in [0.4, 0.5) is 4.39 Å². The van der Waals surface area contributed by atoms with Gasteiger partial charge in [-0.3, -0.25) is 0 Å². The molecule has 2 nitrogen and oxygen atoms in total. The topological polar surface area (TPSA) is 35.2 Å². The monoisotopic (exact) mass is 305 g/mol. The van der Waals surface area contributed by atoms with Crippen LogP contribution >= 0.6 is 11.6 Å². The van der Waals surface area contributed by atoms with Crippen LogP contribution in [0.25, 0.3) is 0 Å². The zero-order valence-corrected chi connectivity index (χ0v) is 12.4. The van der Waals surface area contributed by atoms with E-state index in [0.29, 0.717) is 5.56 Å². The summed E-state index contributed by atoms with van der Waals surface area (Å²) in [5, 5.41) is 0.118. The number of hydrogen-bond acceptors (Lipinski definition) is 2. The first-order chi connectivity index (χ1) is 10.1. The van der Waals surface area contributed by atoms with Crippen molar-refractivity contribution in [2.75, 3.05) is 0 Å². The van der Waals surface area contributed by atoms with Crippen molar-refractivity contribution in [2.24, 2.45) is 5.73 Å². The zero-order valence-electron chi connectivity index (χ0n) is 11.6. The molecular weight excluding hydrogens is 289 g/mol. The highest BCUT2D eigenvalue weighted by atomic mass is 35.5. The number of nitrogens with two attached hydrogens (primary N) is 1. The maximum absolute atomic E-state index is 13.4. The fourth-order valence-electron chi connectivity index (χ4n) is 2.72. The quantitative estimate of drug-likeness (QED) is 0.912. The van der Waals surface area contributed by atoms with Gasteiger partial charge in [-0.15, -0.1) is 0 Å². The van der Waals surface area contributed by atoms with Crippen molar-refractivity contribution in [3.8, 4) is 5.75 Å². The van der Waals surface area contributed by atoms with Gasteiger partial charge in [0, 0.05) is 11.6 Å². The van der Waals surface area contributed by atoms with E-state index in [2.05, 4.69) is 6.07 Å². The highest BCUT2D eigenvalue weighted by molar-refractivity contribution is 6.31. The highest BCUT2D eigenvalue weighted by Gasteiger charge is 2.17. The molecule has 2 N–H and O–H groups in total. The Kier molecular flexibility index (Phi) is 4.13. The fraction of sp³-hybridized carbons (Fsp3) is 0.294. The third kappa shape index (κ3) is 3.04. The molecule has 3 rings (SSSR count). The van der Waals surface area contributed by atoms with Gasteiger partial charge < -0.3 is 10.5 Å². The van der Waals surface area contributed by atoms with Crippen LogP contribution in [0, 0.1) is 5.82 Å². The van der Waals surface area contributed by atoms with E-state index < -0.39 is 5.82 Å². The molecule has 1 aliphatic rings. The standard InChI is InChI=1S/C17H17ClFNO/c18-17-12(4-1-5-15(17)19)10-21-13-8-7-11-3-2-6-16(20)14(11)9-13/h1,4-5,7-9,16H,2-3,6,10,20H2/t16-/m0/s1. The highest BCUT2D eigenvalue weighted by Crippen LogP contribution is 2.31. The summed E-state index contributed by atoms with van der Waals surface area (Å²) in [6.07, 6.45) is 3.21. The van der Waals surface area contributed by atoms with Crippen LogP contribution in [-0.2, 0) is 13.0 Å². The minimum atomic E-state index is -0.426. The SMILES string of the molecule is N[C@H]1CCCc2ccc(OCc3cccc(F)c3Cl)cc21. The van der Waals surface area contributed by atoms with Gasteiger partial charge in [0.05, 0.1) is 5.02 Å². The largest absolute Gasteiger partial charge is 0.489 e. The van der Waals surface area contributed by atoms with E-state index in [4.69, 9.17) is 22.1 Å². The van der Waals surface area contributed by atoms with Gasteiger partial charge in [0.2, 0.25) is 0 Å². The van der Waals surface area contributed by atoms with Gasteiger partial charge in [-0.25, -0.2) is 4.39 Å². The fourth-order valence-corrected chi connectivity index (χ4v) is 2.91. The Balaban J connectivity index is 1.77. The average molecular weight is 306 g/mol. The van der Waals surface area contributed by atoms with Crippen molar-refractivity contribution in [3.05, 3.63) is 63.9 Å². The van der Waals surface area contributed by atoms with E-state index in [1.807, 2.05) is 12.1 Å². The van der Waals surface area contributed by atoms with Crippen LogP contribution in [0.5, 0.6) is 5.75 Å². The molecule has 0 radical (unpaired) electrons. The third-order valence-electron chi connectivity index (χ3n) is 3.90. The van der Waals surface area contributed by atoms with E-state index in [-0.39, 0.29) is 17.7 Å². The normalized spacial score (nSPS) is 17.4. The molecular formula is C17H17ClFNO. The first kappa shape index (κ1) is 14.4. The summed E-state index contributed by atoms with van der Waals surface area (Å²) >= 11 is 5.92. The Morgan fingerprint density at radius 2 is 2.14 bits per heavy atom. The summed E-state index contributed by atoms with van der Waals surface area (Å²) in [7, 11) is 0. The van der Waals surface area contributed by atoms with Crippen LogP contribution in [0.2, 0.25) is 5.02 Å². The lowest BCUT2D eigenvalue weighted by Crippen LogP contribution is -2.17. The lowest BCUT2D eigenvalue weighted by molar-refractivity contribution is 0.304. The van der Waals surface area contributed by atoms with Crippen molar-refractivity contribution in [1.82, 2.24) is 0 Å². The van der Waals surface area contributed by atoms with E-state index >= 15 is 0 Å². The molecule has 0 saturated heterocycles. The van der Waals surface area contributed by atoms with Gasteiger partial charge in [-0.1, -0.05) is 29.8 Å². The van der Waals surface area contributed by atoms with Crippen LogP contribution in [0.1, 0.15) is 35.6 Å². The maximum atomic E-state index is 13.4. The van der Waals surface area contributed by atoms with Gasteiger partial charge in [0.1, 0.15) is 18.2 Å². The molecule has 0 saturated carbocycles. The van der Waals surface area contributed by atoms with Crippen molar-refractivity contribution in [2.45, 2.75) is 31.9 Å². The Labute approximate surface area is 128 Å². The summed E-state index contributed by atoms with van der Waals surface area (Å²) in [6.45, 7) is 0.241. The van der Waals surface area contributed by atoms with Crippen molar-refractivity contribution in [3.63, 3.8) is 0 Å². The molecule has 0 aromatic heterocycles. The van der Waals surface area contributed by atoms with Gasteiger partial charge >= 0.3 is 0 Å². The molecule has 0 spiro atoms. The first-order valence-electron chi connectivity index (χ1n) is 7.09. The Bertz CT molecular complexity index is 659. The molecule has 0 unspecified atom stereocenters. The molecule has 4 heteroatoms. The molecule has 1 atom stereocenters. The summed E-state index contributed by atoms with van der Waals surface area (Å²) in [5.41, 5.74) is 9.23. The first-order valence-corrected chi connectivity index (χ1v) is 7.47. The smallest absolute Gasteiger partial charge is 0.142 e. The second-order valence-corrected chi connectivity index (χ2v) is 5.74. The van der Waals surface area contributed by atoms with Crippen molar-refractivity contribution in [1.29, 1.82) is 0 Å². The predicted octanol–water partition coefficient (Wildman–Crippen LogP) is 4.39. The van der Waals surface area contributed by atoms with Crippen molar-refractivity contribution < 1.29 is 9.13 Å². The summed E-state index contributed by atoms with van der Waals surface area (Å²) in [4.78, 5) is 0. The lowest BCUT2D eigenvalue weighted by atomic mass is 9.88. The molecule has 2 aromatic carbocycles. The number of fused-ring (bicyclic) bond motifs is 1. The average Bonchev–Trinajstić information content (AvgIpc) is 2.49. The molecule has 0 heterocycles. The molecule has 1 aliphatic carbocycles. The van der Waals surface area contributed by atoms with Crippen molar-refractivity contribution >= 4 is 11.6 Å². The number of rotatable bonds is 3. The molecule has 110 valence electrons. The third-order valence-corrected chi connectivity index (χ3v) is 4.33. The van der Waals surface area contributed by atoms with Crippen LogP contribution in [-0.4, -0.2) is 0 Å². The lowest BCUT2D eigenvalue weighted by Gasteiger charge is -2.22. The maximum Gasteiger partial charge on any atom is 0.142 e. The minimum Gasteiger partial charge on any atom is -0.489 e. The van der Waals surface area contributed by atoms with Gasteiger partial charge in [-0.05, 0) is 48.6 Å². The number of halogens is 2. The minimum absolute atomic E-state index is 0.0788. The van der Waals surface area contributed by atoms with E-state index in [1.54, 1.807) is 12.1 Å². The second kappa shape index (κ2) is 6.04. The molecule has 2 aromatic rings. The van der Waals surface area contributed by atoms with Crippen LogP contribution in [0.3, 0.4) is 0 Å². The zero-order chi connectivity index (χ0) is 14.8. The molecule has 0 bridgehead atoms. The van der Waals surface area contributed by atoms with Gasteiger partial charge in [0.15, 0.2) is 0 Å². The Morgan fingerprint density at radius 3 is 3.00 bits per heavy atom. The summed E-state index contributed by atoms with van der Waals surface area (Å²) < 4.78 is 19.1. The molecule has 0 aliphatic heterocycles. The van der Waals surface area contributed by atoms with Gasteiger partial charge in [-0.2, -0.15) is 0 Å². The van der Waals surface area contributed by atoms with Gasteiger partial charge in [0.25, 0.3) is 0 Å². The molecule has 21 heavy (non-hydrogen) atoms. The predicted molar refractivity (Wildman–Crippen MR) is 82.1 cm³/mol. The molecule has 0 amide bonds. The molecule has 0 fully saturated rings.